The van der Waals surface area contributed by atoms with Gasteiger partial charge in [-0.05, 0) is 31.8 Å². The van der Waals surface area contributed by atoms with Gasteiger partial charge in [0.05, 0.1) is 6.54 Å². The molecule has 0 aliphatic carbocycles. The highest BCUT2D eigenvalue weighted by Crippen LogP contribution is 2.27. The fourth-order valence-corrected chi connectivity index (χ4v) is 3.16. The van der Waals surface area contributed by atoms with Gasteiger partial charge in [-0.15, -0.1) is 11.3 Å². The van der Waals surface area contributed by atoms with Crippen LogP contribution in [0.1, 0.15) is 32.1 Å². The van der Waals surface area contributed by atoms with Crippen molar-refractivity contribution in [3.05, 3.63) is 22.4 Å². The molecule has 0 aliphatic heterocycles. The number of nitrogens with one attached hydrogen (secondary N) is 2. The minimum absolute atomic E-state index is 0.0630. The van der Waals surface area contributed by atoms with Gasteiger partial charge in [0.1, 0.15) is 0 Å². The second kappa shape index (κ2) is 11.4. The Morgan fingerprint density at radius 2 is 2.12 bits per heavy atom. The van der Waals surface area contributed by atoms with E-state index in [1.807, 2.05) is 0 Å². The van der Waals surface area contributed by atoms with Crippen LogP contribution in [-0.4, -0.2) is 64.3 Å². The monoisotopic (exact) mass is 354 g/mol. The summed E-state index contributed by atoms with van der Waals surface area (Å²) in [7, 11) is 3.89. The minimum atomic E-state index is 0.0630. The molecule has 0 unspecified atom stereocenters. The van der Waals surface area contributed by atoms with E-state index in [9.17, 15) is 0 Å². The van der Waals surface area contributed by atoms with Crippen LogP contribution in [0.2, 0.25) is 0 Å². The molecule has 0 fully saturated rings. The van der Waals surface area contributed by atoms with Crippen molar-refractivity contribution in [2.24, 2.45) is 4.99 Å². The molecule has 0 amide bonds. The summed E-state index contributed by atoms with van der Waals surface area (Å²) >= 11 is 1.80. The molecule has 0 saturated carbocycles. The molecule has 0 spiro atoms. The Balaban J connectivity index is 2.42. The van der Waals surface area contributed by atoms with E-state index in [-0.39, 0.29) is 5.41 Å². The van der Waals surface area contributed by atoms with Gasteiger partial charge in [-0.2, -0.15) is 0 Å². The summed E-state index contributed by atoms with van der Waals surface area (Å²) < 4.78 is 5.09. The molecule has 0 aliphatic rings. The largest absolute Gasteiger partial charge is 0.385 e. The van der Waals surface area contributed by atoms with E-state index < -0.39 is 0 Å². The first-order chi connectivity index (χ1) is 11.5. The first-order valence-electron chi connectivity index (χ1n) is 8.73. The number of guanidine groups is 1. The Bertz CT molecular complexity index is 460. The molecule has 1 rings (SSSR count). The number of rotatable bonds is 11. The van der Waals surface area contributed by atoms with Crippen molar-refractivity contribution in [2.45, 2.75) is 32.6 Å². The first kappa shape index (κ1) is 20.9. The third kappa shape index (κ3) is 8.13. The molecule has 0 bridgehead atoms. The maximum Gasteiger partial charge on any atom is 0.191 e. The molecule has 0 aromatic carbocycles. The van der Waals surface area contributed by atoms with Crippen molar-refractivity contribution < 1.29 is 4.74 Å². The van der Waals surface area contributed by atoms with Gasteiger partial charge < -0.3 is 20.3 Å². The second-order valence-corrected chi connectivity index (χ2v) is 7.58. The van der Waals surface area contributed by atoms with Crippen molar-refractivity contribution in [1.82, 2.24) is 15.5 Å². The summed E-state index contributed by atoms with van der Waals surface area (Å²) in [5, 5.41) is 8.89. The lowest BCUT2D eigenvalue weighted by Gasteiger charge is -2.22. The number of hydrogen-bond donors (Lipinski definition) is 2. The van der Waals surface area contributed by atoms with E-state index in [0.29, 0.717) is 0 Å². The van der Waals surface area contributed by atoms with Gasteiger partial charge in [0.2, 0.25) is 0 Å². The molecule has 2 N–H and O–H groups in total. The predicted octanol–water partition coefficient (Wildman–Crippen LogP) is 2.55. The number of nitrogens with zero attached hydrogens (tertiary/aromatic N) is 2. The van der Waals surface area contributed by atoms with Gasteiger partial charge in [0.25, 0.3) is 0 Å². The maximum atomic E-state index is 5.09. The normalized spacial score (nSPS) is 12.7. The molecule has 0 saturated heterocycles. The number of methoxy groups -OCH3 is 1. The van der Waals surface area contributed by atoms with Crippen LogP contribution in [0.5, 0.6) is 0 Å². The fourth-order valence-electron chi connectivity index (χ4n) is 2.32. The SMILES string of the molecule is CCNC(=NCC(C)(C)c1cccs1)NCCN(C)CCCOC. The van der Waals surface area contributed by atoms with Crippen LogP contribution in [0.3, 0.4) is 0 Å². The van der Waals surface area contributed by atoms with Gasteiger partial charge >= 0.3 is 0 Å². The zero-order valence-corrected chi connectivity index (χ0v) is 16.7. The predicted molar refractivity (Wildman–Crippen MR) is 105 cm³/mol. The highest BCUT2D eigenvalue weighted by molar-refractivity contribution is 7.10. The number of likely N-dealkylation sites (N-methyl/N-ethyl adjacent to an activating group) is 1. The maximum absolute atomic E-state index is 5.09. The topological polar surface area (TPSA) is 48.9 Å². The fraction of sp³-hybridized carbons (Fsp3) is 0.722. The number of ether oxygens (including phenoxy) is 1. The van der Waals surface area contributed by atoms with Gasteiger partial charge in [-0.3, -0.25) is 4.99 Å². The highest BCUT2D eigenvalue weighted by atomic mass is 32.1. The summed E-state index contributed by atoms with van der Waals surface area (Å²) in [5.74, 6) is 0.896. The number of aliphatic imine (C=N–C) groups is 1. The van der Waals surface area contributed by atoms with Crippen LogP contribution in [0.15, 0.2) is 22.5 Å². The second-order valence-electron chi connectivity index (χ2n) is 6.63. The van der Waals surface area contributed by atoms with Crippen LogP contribution < -0.4 is 10.6 Å². The first-order valence-corrected chi connectivity index (χ1v) is 9.61. The highest BCUT2D eigenvalue weighted by Gasteiger charge is 2.21. The van der Waals surface area contributed by atoms with Gasteiger partial charge in [-0.25, -0.2) is 0 Å². The molecule has 138 valence electrons. The van der Waals surface area contributed by atoms with Gasteiger partial charge in [-0.1, -0.05) is 19.9 Å². The molecule has 1 aromatic rings. The third-order valence-corrected chi connectivity index (χ3v) is 5.07. The zero-order chi connectivity index (χ0) is 17.8. The van der Waals surface area contributed by atoms with Crippen molar-refractivity contribution in [2.75, 3.05) is 53.5 Å². The lowest BCUT2D eigenvalue weighted by Crippen LogP contribution is -2.41. The number of hydrogen-bond acceptors (Lipinski definition) is 4. The molecule has 0 atom stereocenters. The number of thiophene rings is 1. The molecule has 6 heteroatoms. The summed E-state index contributed by atoms with van der Waals surface area (Å²) in [6.07, 6.45) is 1.07. The van der Waals surface area contributed by atoms with Crippen LogP contribution >= 0.6 is 11.3 Å². The Kier molecular flexibility index (Phi) is 9.98. The van der Waals surface area contributed by atoms with Crippen molar-refractivity contribution in [3.8, 4) is 0 Å². The van der Waals surface area contributed by atoms with E-state index in [1.54, 1.807) is 18.4 Å². The van der Waals surface area contributed by atoms with Crippen LogP contribution in [-0.2, 0) is 10.2 Å². The summed E-state index contributed by atoms with van der Waals surface area (Å²) in [5.41, 5.74) is 0.0630. The van der Waals surface area contributed by atoms with Gasteiger partial charge in [0.15, 0.2) is 5.96 Å². The van der Waals surface area contributed by atoms with E-state index in [4.69, 9.17) is 9.73 Å². The van der Waals surface area contributed by atoms with Crippen molar-refractivity contribution in [3.63, 3.8) is 0 Å². The lowest BCUT2D eigenvalue weighted by molar-refractivity contribution is 0.180. The van der Waals surface area contributed by atoms with Crippen molar-refractivity contribution >= 4 is 17.3 Å². The van der Waals surface area contributed by atoms with E-state index >= 15 is 0 Å². The quantitative estimate of drug-likeness (QED) is 0.364. The molecule has 1 heterocycles. The van der Waals surface area contributed by atoms with Crippen LogP contribution in [0, 0.1) is 0 Å². The average molecular weight is 355 g/mol. The lowest BCUT2D eigenvalue weighted by atomic mass is 9.92. The average Bonchev–Trinajstić information content (AvgIpc) is 3.08. The Labute approximate surface area is 151 Å². The Morgan fingerprint density at radius 3 is 2.75 bits per heavy atom. The van der Waals surface area contributed by atoms with Crippen LogP contribution in [0.25, 0.3) is 0 Å². The van der Waals surface area contributed by atoms with Crippen molar-refractivity contribution in [1.29, 1.82) is 0 Å². The zero-order valence-electron chi connectivity index (χ0n) is 15.9. The van der Waals surface area contributed by atoms with E-state index in [2.05, 4.69) is 60.9 Å². The molecule has 1 aromatic heterocycles. The molecular formula is C18H34N4OS. The third-order valence-electron chi connectivity index (χ3n) is 3.84. The Hall–Kier alpha value is -1.11. The Morgan fingerprint density at radius 1 is 1.33 bits per heavy atom. The summed E-state index contributed by atoms with van der Waals surface area (Å²) in [6.45, 7) is 12.0. The van der Waals surface area contributed by atoms with E-state index in [0.717, 1.165) is 51.7 Å². The summed E-state index contributed by atoms with van der Waals surface area (Å²) in [4.78, 5) is 8.46. The standard InChI is InChI=1S/C18H34N4OS/c1-6-19-17(20-10-12-22(4)11-8-13-23-5)21-15-18(2,3)16-9-7-14-24-16/h7,9,14H,6,8,10-13,15H2,1-5H3,(H2,19,20,21). The van der Waals surface area contributed by atoms with Crippen LogP contribution in [0.4, 0.5) is 0 Å². The minimum Gasteiger partial charge on any atom is -0.385 e. The van der Waals surface area contributed by atoms with E-state index in [1.165, 1.54) is 4.88 Å². The smallest absolute Gasteiger partial charge is 0.191 e. The molecular weight excluding hydrogens is 320 g/mol. The summed E-state index contributed by atoms with van der Waals surface area (Å²) in [6, 6.07) is 4.30. The molecule has 5 nitrogen and oxygen atoms in total. The molecule has 24 heavy (non-hydrogen) atoms. The molecule has 0 radical (unpaired) electrons. The van der Waals surface area contributed by atoms with Gasteiger partial charge in [0, 0.05) is 50.2 Å².